The third-order valence-electron chi connectivity index (χ3n) is 3.31. The van der Waals surface area contributed by atoms with Crippen LogP contribution in [0.4, 0.5) is 0 Å². The summed E-state index contributed by atoms with van der Waals surface area (Å²) in [5.41, 5.74) is 0.396. The maximum atomic E-state index is 12.0. The highest BCUT2D eigenvalue weighted by molar-refractivity contribution is 5.90. The molecule has 0 saturated carbocycles. The first kappa shape index (κ1) is 16.0. The Kier molecular flexibility index (Phi) is 5.32. The van der Waals surface area contributed by atoms with E-state index in [2.05, 4.69) is 0 Å². The van der Waals surface area contributed by atoms with Gasteiger partial charge in [0.2, 0.25) is 0 Å². The van der Waals surface area contributed by atoms with Crippen molar-refractivity contribution in [3.8, 4) is 11.5 Å². The molecule has 2 aliphatic rings. The minimum atomic E-state index is -0.418. The molecule has 0 aromatic heterocycles. The number of carbonyl (C=O) groups is 1. The molecule has 0 bridgehead atoms. The zero-order chi connectivity index (χ0) is 16.1. The number of esters is 1. The van der Waals surface area contributed by atoms with Crippen LogP contribution in [0, 0.1) is 0 Å². The van der Waals surface area contributed by atoms with Crippen molar-refractivity contribution in [1.29, 1.82) is 0 Å². The topological polar surface area (TPSA) is 79.1 Å². The van der Waals surface area contributed by atoms with Gasteiger partial charge in [0, 0.05) is 6.61 Å². The van der Waals surface area contributed by atoms with Gasteiger partial charge in [-0.3, -0.25) is 0 Å². The van der Waals surface area contributed by atoms with E-state index in [-0.39, 0.29) is 25.6 Å². The molecule has 0 spiro atoms. The standard InChI is InChI=1S/C16H20O7/c1-2-18-10-23-15-5-11(16(17)22-9-13-7-20-13)3-4-14(15)21-8-12-6-19-12/h3-5,12-13H,2,6-10H2,1H3. The van der Waals surface area contributed by atoms with Crippen LogP contribution in [0.25, 0.3) is 0 Å². The Labute approximate surface area is 134 Å². The van der Waals surface area contributed by atoms with Gasteiger partial charge in [0.25, 0.3) is 0 Å². The number of carbonyl (C=O) groups excluding carboxylic acids is 1. The van der Waals surface area contributed by atoms with Crippen molar-refractivity contribution in [2.24, 2.45) is 0 Å². The summed E-state index contributed by atoms with van der Waals surface area (Å²) in [7, 11) is 0. The number of rotatable bonds is 10. The summed E-state index contributed by atoms with van der Waals surface area (Å²) in [5, 5.41) is 0. The highest BCUT2D eigenvalue weighted by Crippen LogP contribution is 2.30. The first-order chi connectivity index (χ1) is 11.3. The van der Waals surface area contributed by atoms with Crippen LogP contribution in [0.15, 0.2) is 18.2 Å². The third kappa shape index (κ3) is 5.09. The summed E-state index contributed by atoms with van der Waals surface area (Å²) in [6.45, 7) is 4.57. The van der Waals surface area contributed by atoms with Crippen molar-refractivity contribution in [2.45, 2.75) is 19.1 Å². The second-order valence-electron chi connectivity index (χ2n) is 5.24. The van der Waals surface area contributed by atoms with E-state index in [1.165, 1.54) is 0 Å². The Hall–Kier alpha value is -1.83. The molecule has 3 rings (SSSR count). The number of hydrogen-bond acceptors (Lipinski definition) is 7. The summed E-state index contributed by atoms with van der Waals surface area (Å²) in [5.74, 6) is 0.567. The Morgan fingerprint density at radius 2 is 1.87 bits per heavy atom. The SMILES string of the molecule is CCOCOc1cc(C(=O)OCC2CO2)ccc1OCC1CO1. The van der Waals surface area contributed by atoms with Gasteiger partial charge in [-0.25, -0.2) is 4.79 Å². The Morgan fingerprint density at radius 3 is 2.57 bits per heavy atom. The minimum absolute atomic E-state index is 0.0359. The molecule has 2 fully saturated rings. The van der Waals surface area contributed by atoms with Gasteiger partial charge in [0.15, 0.2) is 18.3 Å². The van der Waals surface area contributed by atoms with Crippen LogP contribution < -0.4 is 9.47 Å². The summed E-state index contributed by atoms with van der Waals surface area (Å²) in [4.78, 5) is 12.0. The van der Waals surface area contributed by atoms with Gasteiger partial charge < -0.3 is 28.4 Å². The van der Waals surface area contributed by atoms with E-state index in [1.807, 2.05) is 6.92 Å². The maximum absolute atomic E-state index is 12.0. The van der Waals surface area contributed by atoms with Gasteiger partial charge in [-0.15, -0.1) is 0 Å². The monoisotopic (exact) mass is 324 g/mol. The van der Waals surface area contributed by atoms with Gasteiger partial charge in [-0.05, 0) is 25.1 Å². The molecule has 1 aromatic rings. The highest BCUT2D eigenvalue weighted by Gasteiger charge is 2.26. The van der Waals surface area contributed by atoms with Gasteiger partial charge >= 0.3 is 5.97 Å². The lowest BCUT2D eigenvalue weighted by Crippen LogP contribution is -2.12. The van der Waals surface area contributed by atoms with Gasteiger partial charge in [-0.2, -0.15) is 0 Å². The number of ether oxygens (including phenoxy) is 6. The van der Waals surface area contributed by atoms with Crippen molar-refractivity contribution in [3.63, 3.8) is 0 Å². The van der Waals surface area contributed by atoms with Gasteiger partial charge in [0.1, 0.15) is 25.4 Å². The lowest BCUT2D eigenvalue weighted by atomic mass is 10.2. The normalized spacial score (nSPS) is 21.6. The summed E-state index contributed by atoms with van der Waals surface area (Å²) >= 11 is 0. The molecule has 0 N–H and O–H groups in total. The van der Waals surface area contributed by atoms with E-state index in [9.17, 15) is 4.79 Å². The molecular formula is C16H20O7. The smallest absolute Gasteiger partial charge is 0.338 e. The predicted molar refractivity (Wildman–Crippen MR) is 78.8 cm³/mol. The molecule has 2 aliphatic heterocycles. The number of epoxide rings is 2. The number of hydrogen-bond donors (Lipinski definition) is 0. The van der Waals surface area contributed by atoms with E-state index in [1.54, 1.807) is 18.2 Å². The molecule has 2 saturated heterocycles. The molecule has 0 amide bonds. The van der Waals surface area contributed by atoms with Crippen molar-refractivity contribution in [1.82, 2.24) is 0 Å². The van der Waals surface area contributed by atoms with Gasteiger partial charge in [0.05, 0.1) is 18.8 Å². The molecule has 0 radical (unpaired) electrons. The lowest BCUT2D eigenvalue weighted by Gasteiger charge is -2.13. The quantitative estimate of drug-likeness (QED) is 0.278. The largest absolute Gasteiger partial charge is 0.487 e. The zero-order valence-corrected chi connectivity index (χ0v) is 13.0. The second-order valence-corrected chi connectivity index (χ2v) is 5.24. The second kappa shape index (κ2) is 7.63. The van der Waals surface area contributed by atoms with Crippen LogP contribution in [0.2, 0.25) is 0 Å². The minimum Gasteiger partial charge on any atom is -0.487 e. The van der Waals surface area contributed by atoms with Crippen LogP contribution in [-0.4, -0.2) is 58.0 Å². The first-order valence-electron chi connectivity index (χ1n) is 7.64. The lowest BCUT2D eigenvalue weighted by molar-refractivity contribution is 0.0201. The Bertz CT molecular complexity index is 537. The van der Waals surface area contributed by atoms with Crippen molar-refractivity contribution in [2.75, 3.05) is 39.8 Å². The molecule has 7 heteroatoms. The van der Waals surface area contributed by atoms with E-state index < -0.39 is 5.97 Å². The predicted octanol–water partition coefficient (Wildman–Crippen LogP) is 1.39. The summed E-state index contributed by atoms with van der Waals surface area (Å²) in [6.07, 6.45) is 0.173. The summed E-state index contributed by atoms with van der Waals surface area (Å²) in [6, 6.07) is 4.93. The highest BCUT2D eigenvalue weighted by atomic mass is 16.7. The fraction of sp³-hybridized carbons (Fsp3) is 0.562. The maximum Gasteiger partial charge on any atom is 0.338 e. The average molecular weight is 324 g/mol. The molecule has 0 aliphatic carbocycles. The number of benzene rings is 1. The van der Waals surface area contributed by atoms with E-state index >= 15 is 0 Å². The van der Waals surface area contributed by atoms with Crippen LogP contribution in [0.1, 0.15) is 17.3 Å². The summed E-state index contributed by atoms with van der Waals surface area (Å²) < 4.78 is 31.7. The van der Waals surface area contributed by atoms with Crippen molar-refractivity contribution < 1.29 is 33.2 Å². The fourth-order valence-corrected chi connectivity index (χ4v) is 1.82. The van der Waals surface area contributed by atoms with Crippen molar-refractivity contribution in [3.05, 3.63) is 23.8 Å². The Morgan fingerprint density at radius 1 is 1.13 bits per heavy atom. The van der Waals surface area contributed by atoms with E-state index in [4.69, 9.17) is 28.4 Å². The fourth-order valence-electron chi connectivity index (χ4n) is 1.82. The Balaban J connectivity index is 1.63. The van der Waals surface area contributed by atoms with E-state index in [0.29, 0.717) is 43.5 Å². The van der Waals surface area contributed by atoms with Crippen LogP contribution in [0.5, 0.6) is 11.5 Å². The average Bonchev–Trinajstić information content (AvgIpc) is 3.46. The molecule has 2 atom stereocenters. The molecule has 2 heterocycles. The third-order valence-corrected chi connectivity index (χ3v) is 3.31. The molecular weight excluding hydrogens is 304 g/mol. The van der Waals surface area contributed by atoms with Crippen LogP contribution in [0.3, 0.4) is 0 Å². The van der Waals surface area contributed by atoms with E-state index in [0.717, 1.165) is 0 Å². The first-order valence-corrected chi connectivity index (χ1v) is 7.64. The van der Waals surface area contributed by atoms with Crippen molar-refractivity contribution >= 4 is 5.97 Å². The molecule has 23 heavy (non-hydrogen) atoms. The van der Waals surface area contributed by atoms with Crippen LogP contribution >= 0.6 is 0 Å². The molecule has 7 nitrogen and oxygen atoms in total. The van der Waals surface area contributed by atoms with Crippen LogP contribution in [-0.2, 0) is 18.9 Å². The van der Waals surface area contributed by atoms with Gasteiger partial charge in [-0.1, -0.05) is 0 Å². The molecule has 2 unspecified atom stereocenters. The zero-order valence-electron chi connectivity index (χ0n) is 13.0. The molecule has 1 aromatic carbocycles. The molecule has 126 valence electrons.